The van der Waals surface area contributed by atoms with Gasteiger partial charge in [-0.2, -0.15) is 0 Å². The molecule has 0 bridgehead atoms. The highest BCUT2D eigenvalue weighted by Crippen LogP contribution is 2.16. The van der Waals surface area contributed by atoms with E-state index in [-0.39, 0.29) is 0 Å². The van der Waals surface area contributed by atoms with Crippen molar-refractivity contribution in [3.63, 3.8) is 0 Å². The maximum absolute atomic E-state index is 8.49. The van der Waals surface area contributed by atoms with Crippen LogP contribution in [0.25, 0.3) is 16.2 Å². The smallest absolute Gasteiger partial charge is 0.222 e. The molecular weight excluding hydrogens is 318 g/mol. The normalized spacial score (nSPS) is 11.1. The number of fused-ring (bicyclic) bond motifs is 1. The zero-order valence-corrected chi connectivity index (χ0v) is 12.4. The monoisotopic (exact) mass is 327 g/mol. The molecule has 0 amide bonds. The zero-order valence-electron chi connectivity index (χ0n) is 10.8. The standard InChI is InChI=1S/C12H10N3S.ClHO4/c1-9-14-15-11(7-8-13-12(15)16-9)10-5-3-2-4-6-10;2-1(3,4)5/h2-8H,1H3;(H,2,3,4,5)/q+1;/p-1. The van der Waals surface area contributed by atoms with Crippen LogP contribution in [0.2, 0.25) is 0 Å². The van der Waals surface area contributed by atoms with E-state index in [0.717, 1.165) is 21.2 Å². The Hall–Kier alpha value is -1.68. The SMILES string of the molecule is Cc1n[n+]2c(-c3ccccc3)ccnc2s1.[O-][Cl+3]([O-])([O-])[O-]. The topological polar surface area (TPSA) is 122 Å². The van der Waals surface area contributed by atoms with Gasteiger partial charge in [0.25, 0.3) is 0 Å². The molecule has 0 saturated carbocycles. The predicted octanol–water partition coefficient (Wildman–Crippen LogP) is -2.50. The number of halogens is 1. The second-order valence-electron chi connectivity index (χ2n) is 3.89. The summed E-state index contributed by atoms with van der Waals surface area (Å²) in [4.78, 5) is 5.24. The van der Waals surface area contributed by atoms with Crippen molar-refractivity contribution in [2.24, 2.45) is 0 Å². The molecule has 0 radical (unpaired) electrons. The lowest BCUT2D eigenvalue weighted by atomic mass is 10.1. The van der Waals surface area contributed by atoms with Crippen molar-refractivity contribution in [1.29, 1.82) is 0 Å². The van der Waals surface area contributed by atoms with E-state index in [2.05, 4.69) is 22.2 Å². The molecule has 2 heterocycles. The van der Waals surface area contributed by atoms with Crippen molar-refractivity contribution in [2.45, 2.75) is 6.92 Å². The van der Waals surface area contributed by atoms with Gasteiger partial charge in [0.1, 0.15) is 11.2 Å². The molecule has 0 aliphatic rings. The third kappa shape index (κ3) is 4.67. The van der Waals surface area contributed by atoms with Gasteiger partial charge in [-0.1, -0.05) is 39.9 Å². The number of aryl methyl sites for hydroxylation is 1. The van der Waals surface area contributed by atoms with E-state index < -0.39 is 10.2 Å². The van der Waals surface area contributed by atoms with Crippen molar-refractivity contribution in [1.82, 2.24) is 10.1 Å². The summed E-state index contributed by atoms with van der Waals surface area (Å²) in [5.41, 5.74) is 2.24. The van der Waals surface area contributed by atoms with Gasteiger partial charge >= 0.3 is 4.96 Å². The van der Waals surface area contributed by atoms with Crippen LogP contribution in [0.4, 0.5) is 0 Å². The van der Waals surface area contributed by atoms with E-state index in [1.54, 1.807) is 11.3 Å². The van der Waals surface area contributed by atoms with Crippen molar-refractivity contribution in [3.05, 3.63) is 47.6 Å². The first kappa shape index (κ1) is 15.7. The molecule has 0 saturated heterocycles. The van der Waals surface area contributed by atoms with Crippen LogP contribution in [0.5, 0.6) is 0 Å². The largest absolute Gasteiger partial charge is 0.410 e. The van der Waals surface area contributed by atoms with Crippen LogP contribution in [-0.2, 0) is 0 Å². The number of nitrogens with zero attached hydrogens (tertiary/aromatic N) is 3. The van der Waals surface area contributed by atoms with Gasteiger partial charge in [-0.15, -0.1) is 10.2 Å². The van der Waals surface area contributed by atoms with Crippen molar-refractivity contribution < 1.29 is 33.4 Å². The van der Waals surface area contributed by atoms with Crippen LogP contribution in [0.15, 0.2) is 42.6 Å². The van der Waals surface area contributed by atoms with E-state index in [9.17, 15) is 0 Å². The van der Waals surface area contributed by atoms with Gasteiger partial charge < -0.3 is 0 Å². The van der Waals surface area contributed by atoms with Gasteiger partial charge in [0.2, 0.25) is 0 Å². The Morgan fingerprint density at radius 3 is 2.29 bits per heavy atom. The molecule has 0 N–H and O–H groups in total. The Kier molecular flexibility index (Phi) is 4.78. The fraction of sp³-hybridized carbons (Fsp3) is 0.0833. The lowest BCUT2D eigenvalue weighted by Crippen LogP contribution is -2.68. The second-order valence-corrected chi connectivity index (χ2v) is 5.81. The van der Waals surface area contributed by atoms with Gasteiger partial charge in [0, 0.05) is 11.6 Å². The summed E-state index contributed by atoms with van der Waals surface area (Å²) in [5, 5.41) is 5.49. The third-order valence-corrected chi connectivity index (χ3v) is 3.21. The Labute approximate surface area is 126 Å². The van der Waals surface area contributed by atoms with Crippen LogP contribution < -0.4 is 23.2 Å². The van der Waals surface area contributed by atoms with E-state index in [0.29, 0.717) is 0 Å². The minimum atomic E-state index is -4.94. The number of hydrogen-bond acceptors (Lipinski definition) is 7. The Balaban J connectivity index is 0.000000282. The van der Waals surface area contributed by atoms with Gasteiger partial charge in [0.15, 0.2) is 5.69 Å². The first-order chi connectivity index (χ1) is 9.84. The highest BCUT2D eigenvalue weighted by atomic mass is 35.7. The fourth-order valence-electron chi connectivity index (χ4n) is 1.69. The summed E-state index contributed by atoms with van der Waals surface area (Å²) in [6, 6.07) is 12.2. The second kappa shape index (κ2) is 6.39. The van der Waals surface area contributed by atoms with Crippen molar-refractivity contribution in [3.8, 4) is 11.3 Å². The molecule has 1 aromatic carbocycles. The van der Waals surface area contributed by atoms with Gasteiger partial charge in [0.05, 0.1) is 0 Å². The Morgan fingerprint density at radius 2 is 1.67 bits per heavy atom. The molecule has 0 aliphatic heterocycles. The molecule has 0 unspecified atom stereocenters. The highest BCUT2D eigenvalue weighted by Gasteiger charge is 2.15. The highest BCUT2D eigenvalue weighted by molar-refractivity contribution is 7.16. The summed E-state index contributed by atoms with van der Waals surface area (Å²) >= 11 is 1.60. The molecule has 3 rings (SSSR count). The lowest BCUT2D eigenvalue weighted by molar-refractivity contribution is -2.00. The molecule has 7 nitrogen and oxygen atoms in total. The molecule has 3 aromatic rings. The molecule has 9 heteroatoms. The zero-order chi connectivity index (χ0) is 15.5. The maximum atomic E-state index is 8.49. The summed E-state index contributed by atoms with van der Waals surface area (Å²) in [5.74, 6) is 0. The molecule has 0 aliphatic carbocycles. The van der Waals surface area contributed by atoms with Crippen molar-refractivity contribution in [2.75, 3.05) is 0 Å². The number of hydrogen-bond donors (Lipinski definition) is 0. The first-order valence-corrected chi connectivity index (χ1v) is 7.71. The average molecular weight is 328 g/mol. The van der Waals surface area contributed by atoms with Gasteiger partial charge in [-0.25, -0.2) is 18.6 Å². The molecule has 0 fully saturated rings. The van der Waals surface area contributed by atoms with E-state index in [1.165, 1.54) is 0 Å². The van der Waals surface area contributed by atoms with Crippen LogP contribution in [0.3, 0.4) is 0 Å². The minimum absolute atomic E-state index is 0.929. The third-order valence-electron chi connectivity index (χ3n) is 2.38. The van der Waals surface area contributed by atoms with Gasteiger partial charge in [-0.05, 0) is 23.2 Å². The summed E-state index contributed by atoms with van der Waals surface area (Å²) in [6.45, 7) is 1.99. The first-order valence-electron chi connectivity index (χ1n) is 5.66. The van der Waals surface area contributed by atoms with E-state index in [1.807, 2.05) is 41.9 Å². The van der Waals surface area contributed by atoms with Gasteiger partial charge in [-0.3, -0.25) is 0 Å². The summed E-state index contributed by atoms with van der Waals surface area (Å²) < 4.78 is 35.9. The summed E-state index contributed by atoms with van der Waals surface area (Å²) in [6.07, 6.45) is 1.83. The van der Waals surface area contributed by atoms with E-state index in [4.69, 9.17) is 18.6 Å². The lowest BCUT2D eigenvalue weighted by Gasteiger charge is -2.17. The fourth-order valence-corrected chi connectivity index (χ4v) is 2.41. The number of aromatic nitrogens is 3. The van der Waals surface area contributed by atoms with Crippen LogP contribution in [0.1, 0.15) is 5.01 Å². The van der Waals surface area contributed by atoms with Crippen LogP contribution in [0, 0.1) is 17.2 Å². The maximum Gasteiger partial charge on any atom is 0.410 e. The number of benzene rings is 1. The molecule has 110 valence electrons. The molecule has 0 spiro atoms. The average Bonchev–Trinajstić information content (AvgIpc) is 2.77. The van der Waals surface area contributed by atoms with E-state index >= 15 is 0 Å². The molecule has 21 heavy (non-hydrogen) atoms. The molecule has 0 atom stereocenters. The Morgan fingerprint density at radius 1 is 1.05 bits per heavy atom. The van der Waals surface area contributed by atoms with Crippen LogP contribution in [-0.4, -0.2) is 10.1 Å². The minimum Gasteiger partial charge on any atom is -0.222 e. The molecule has 2 aromatic heterocycles. The van der Waals surface area contributed by atoms with Crippen LogP contribution >= 0.6 is 11.3 Å². The van der Waals surface area contributed by atoms with Crippen molar-refractivity contribution >= 4 is 16.3 Å². The molecular formula is C12H10ClN3O4S. The summed E-state index contributed by atoms with van der Waals surface area (Å²) in [7, 11) is -4.94. The Bertz CT molecular complexity index is 724. The quantitative estimate of drug-likeness (QED) is 0.455. The predicted molar refractivity (Wildman–Crippen MR) is 63.2 cm³/mol. The number of rotatable bonds is 1.